The molecule has 1 amide bonds. The van der Waals surface area contributed by atoms with Crippen LogP contribution in [0.15, 0.2) is 41.3 Å². The second-order valence-electron chi connectivity index (χ2n) is 4.50. The summed E-state index contributed by atoms with van der Waals surface area (Å²) in [6.07, 6.45) is 1.42. The van der Waals surface area contributed by atoms with Crippen molar-refractivity contribution in [3.05, 3.63) is 36.4 Å². The minimum Gasteiger partial charge on any atom is -0.490 e. The molecule has 0 radical (unpaired) electrons. The highest BCUT2D eigenvalue weighted by Crippen LogP contribution is 2.18. The van der Waals surface area contributed by atoms with Gasteiger partial charge >= 0.3 is 12.1 Å². The van der Waals surface area contributed by atoms with E-state index in [1.807, 2.05) is 30.5 Å². The van der Waals surface area contributed by atoms with Crippen LogP contribution in [0.1, 0.15) is 6.92 Å². The van der Waals surface area contributed by atoms with Gasteiger partial charge in [-0.25, -0.2) is 9.59 Å². The molecule has 0 saturated heterocycles. The Hall–Kier alpha value is -2.15. The lowest BCUT2D eigenvalue weighted by atomic mass is 10.3. The fourth-order valence-corrected chi connectivity index (χ4v) is 1.85. The SMILES string of the molecule is C=C(C)C(=O)OCCNC(=O)OCCOc1ccc(SC)cc1. The van der Waals surface area contributed by atoms with Gasteiger partial charge in [0.2, 0.25) is 0 Å². The van der Waals surface area contributed by atoms with Crippen molar-refractivity contribution in [3.8, 4) is 5.75 Å². The summed E-state index contributed by atoms with van der Waals surface area (Å²) in [4.78, 5) is 23.6. The summed E-state index contributed by atoms with van der Waals surface area (Å²) in [6.45, 7) is 5.64. The first kappa shape index (κ1) is 18.9. The van der Waals surface area contributed by atoms with Crippen molar-refractivity contribution in [2.45, 2.75) is 11.8 Å². The molecule has 0 aromatic heterocycles. The van der Waals surface area contributed by atoms with E-state index in [1.54, 1.807) is 18.7 Å². The average Bonchev–Trinajstić information content (AvgIpc) is 2.55. The number of ether oxygens (including phenoxy) is 3. The molecular formula is C16H21NO5S. The lowest BCUT2D eigenvalue weighted by Gasteiger charge is -2.09. The first-order chi connectivity index (χ1) is 11.0. The van der Waals surface area contributed by atoms with Crippen molar-refractivity contribution in [2.75, 3.05) is 32.6 Å². The van der Waals surface area contributed by atoms with Crippen molar-refractivity contribution in [1.29, 1.82) is 0 Å². The minimum atomic E-state index is -0.585. The van der Waals surface area contributed by atoms with Crippen LogP contribution in [0.5, 0.6) is 5.75 Å². The molecule has 0 bridgehead atoms. The number of esters is 1. The molecule has 6 nitrogen and oxygen atoms in total. The molecule has 0 unspecified atom stereocenters. The number of hydrogen-bond donors (Lipinski definition) is 1. The van der Waals surface area contributed by atoms with E-state index in [0.29, 0.717) is 5.57 Å². The smallest absolute Gasteiger partial charge is 0.407 e. The third-order valence-corrected chi connectivity index (χ3v) is 3.34. The van der Waals surface area contributed by atoms with E-state index >= 15 is 0 Å². The predicted molar refractivity (Wildman–Crippen MR) is 88.8 cm³/mol. The number of nitrogens with one attached hydrogen (secondary N) is 1. The van der Waals surface area contributed by atoms with Gasteiger partial charge in [-0.3, -0.25) is 0 Å². The van der Waals surface area contributed by atoms with Gasteiger partial charge in [0, 0.05) is 10.5 Å². The highest BCUT2D eigenvalue weighted by Gasteiger charge is 2.04. The third-order valence-electron chi connectivity index (χ3n) is 2.60. The highest BCUT2D eigenvalue weighted by molar-refractivity contribution is 7.98. The van der Waals surface area contributed by atoms with Crippen LogP contribution in [-0.2, 0) is 14.3 Å². The maximum atomic E-state index is 11.4. The fourth-order valence-electron chi connectivity index (χ4n) is 1.44. The van der Waals surface area contributed by atoms with Gasteiger partial charge in [-0.1, -0.05) is 6.58 Å². The van der Waals surface area contributed by atoms with Gasteiger partial charge in [-0.05, 0) is 37.4 Å². The molecule has 7 heteroatoms. The number of carbonyl (C=O) groups is 2. The number of thioether (sulfide) groups is 1. The normalized spacial score (nSPS) is 9.83. The monoisotopic (exact) mass is 339 g/mol. The predicted octanol–water partition coefficient (Wildman–Crippen LogP) is 2.63. The van der Waals surface area contributed by atoms with Gasteiger partial charge in [-0.2, -0.15) is 0 Å². The molecule has 0 aliphatic rings. The van der Waals surface area contributed by atoms with Crippen LogP contribution < -0.4 is 10.1 Å². The first-order valence-electron chi connectivity index (χ1n) is 7.03. The lowest BCUT2D eigenvalue weighted by molar-refractivity contribution is -0.138. The number of benzene rings is 1. The number of alkyl carbamates (subject to hydrolysis) is 1. The van der Waals surface area contributed by atoms with Crippen molar-refractivity contribution in [3.63, 3.8) is 0 Å². The van der Waals surface area contributed by atoms with Gasteiger partial charge in [0.05, 0.1) is 6.54 Å². The van der Waals surface area contributed by atoms with Crippen molar-refractivity contribution >= 4 is 23.8 Å². The molecule has 126 valence electrons. The molecule has 0 spiro atoms. The van der Waals surface area contributed by atoms with E-state index in [0.717, 1.165) is 10.6 Å². The van der Waals surface area contributed by atoms with E-state index in [-0.39, 0.29) is 26.4 Å². The Balaban J connectivity index is 2.07. The van der Waals surface area contributed by atoms with E-state index in [9.17, 15) is 9.59 Å². The van der Waals surface area contributed by atoms with E-state index < -0.39 is 12.1 Å². The minimum absolute atomic E-state index is 0.0685. The third kappa shape index (κ3) is 8.15. The van der Waals surface area contributed by atoms with E-state index in [4.69, 9.17) is 14.2 Å². The quantitative estimate of drug-likeness (QED) is 0.323. The summed E-state index contributed by atoms with van der Waals surface area (Å²) >= 11 is 1.65. The molecule has 0 saturated carbocycles. The van der Waals surface area contributed by atoms with Gasteiger partial charge in [0.15, 0.2) is 0 Å². The standard InChI is InChI=1S/C16H21NO5S/c1-12(2)15(18)21-9-8-17-16(19)22-11-10-20-13-4-6-14(23-3)7-5-13/h4-7H,1,8-11H2,2-3H3,(H,17,19). The first-order valence-corrected chi connectivity index (χ1v) is 8.25. The van der Waals surface area contributed by atoms with Crippen molar-refractivity contribution in [1.82, 2.24) is 5.32 Å². The summed E-state index contributed by atoms with van der Waals surface area (Å²) in [5.41, 5.74) is 0.315. The zero-order valence-electron chi connectivity index (χ0n) is 13.3. The van der Waals surface area contributed by atoms with Crippen LogP contribution in [0.4, 0.5) is 4.79 Å². The number of rotatable bonds is 9. The summed E-state index contributed by atoms with van der Waals surface area (Å²) in [7, 11) is 0. The van der Waals surface area contributed by atoms with Gasteiger partial charge in [-0.15, -0.1) is 11.8 Å². The lowest BCUT2D eigenvalue weighted by Crippen LogP contribution is -2.29. The average molecular weight is 339 g/mol. The van der Waals surface area contributed by atoms with Crippen molar-refractivity contribution in [2.24, 2.45) is 0 Å². The molecule has 1 aromatic carbocycles. The van der Waals surface area contributed by atoms with Crippen LogP contribution in [0.25, 0.3) is 0 Å². The van der Waals surface area contributed by atoms with Crippen LogP contribution in [-0.4, -0.2) is 44.7 Å². The molecule has 0 atom stereocenters. The summed E-state index contributed by atoms with van der Waals surface area (Å²) in [5, 5.41) is 2.46. The number of amides is 1. The highest BCUT2D eigenvalue weighted by atomic mass is 32.2. The number of carbonyl (C=O) groups excluding carboxylic acids is 2. The Morgan fingerprint density at radius 3 is 2.43 bits per heavy atom. The molecule has 1 N–H and O–H groups in total. The molecular weight excluding hydrogens is 318 g/mol. The van der Waals surface area contributed by atoms with E-state index in [2.05, 4.69) is 11.9 Å². The van der Waals surface area contributed by atoms with Crippen LogP contribution in [0, 0.1) is 0 Å². The summed E-state index contributed by atoms with van der Waals surface area (Å²) < 4.78 is 15.2. The van der Waals surface area contributed by atoms with E-state index in [1.165, 1.54) is 0 Å². The maximum Gasteiger partial charge on any atom is 0.407 e. The summed E-state index contributed by atoms with van der Waals surface area (Å²) in [6, 6.07) is 7.64. The second-order valence-corrected chi connectivity index (χ2v) is 5.38. The molecule has 0 fully saturated rings. The molecule has 0 aliphatic heterocycles. The van der Waals surface area contributed by atoms with Gasteiger partial charge in [0.1, 0.15) is 25.6 Å². The van der Waals surface area contributed by atoms with Gasteiger partial charge < -0.3 is 19.5 Å². The molecule has 0 aliphatic carbocycles. The molecule has 1 rings (SSSR count). The van der Waals surface area contributed by atoms with Crippen LogP contribution in [0.2, 0.25) is 0 Å². The molecule has 0 heterocycles. The Bertz CT molecular complexity index is 530. The molecule has 1 aromatic rings. The Morgan fingerprint density at radius 2 is 1.83 bits per heavy atom. The van der Waals surface area contributed by atoms with Crippen molar-refractivity contribution < 1.29 is 23.8 Å². The van der Waals surface area contributed by atoms with Crippen LogP contribution in [0.3, 0.4) is 0 Å². The zero-order chi connectivity index (χ0) is 17.1. The fraction of sp³-hybridized carbons (Fsp3) is 0.375. The molecule has 23 heavy (non-hydrogen) atoms. The Labute approximate surface area is 140 Å². The number of hydrogen-bond acceptors (Lipinski definition) is 6. The zero-order valence-corrected chi connectivity index (χ0v) is 14.1. The summed E-state index contributed by atoms with van der Waals surface area (Å²) in [5.74, 6) is 0.236. The van der Waals surface area contributed by atoms with Crippen LogP contribution >= 0.6 is 11.8 Å². The Morgan fingerprint density at radius 1 is 1.13 bits per heavy atom. The topological polar surface area (TPSA) is 73.9 Å². The maximum absolute atomic E-state index is 11.4. The Kier molecular flexibility index (Phi) is 8.67. The second kappa shape index (κ2) is 10.6. The largest absolute Gasteiger partial charge is 0.490 e. The van der Waals surface area contributed by atoms with Gasteiger partial charge in [0.25, 0.3) is 0 Å².